The summed E-state index contributed by atoms with van der Waals surface area (Å²) in [5, 5.41) is 13.8. The van der Waals surface area contributed by atoms with Crippen LogP contribution in [0.1, 0.15) is 31.0 Å². The van der Waals surface area contributed by atoms with Crippen LogP contribution >= 0.6 is 0 Å². The summed E-state index contributed by atoms with van der Waals surface area (Å²) in [6.07, 6.45) is -0.595. The number of hydrogen-bond acceptors (Lipinski definition) is 3. The van der Waals surface area contributed by atoms with Crippen LogP contribution in [0.15, 0.2) is 48.5 Å². The molecule has 0 aromatic heterocycles. The molecule has 0 saturated heterocycles. The number of likely N-dealkylation sites (N-methyl/N-ethyl adjacent to an activating group) is 1. The normalized spacial score (nSPS) is 18.3. The highest BCUT2D eigenvalue weighted by Gasteiger charge is 2.40. The van der Waals surface area contributed by atoms with Crippen molar-refractivity contribution in [3.05, 3.63) is 65.5 Å². The van der Waals surface area contributed by atoms with E-state index in [0.717, 1.165) is 23.4 Å². The molecule has 2 aromatic rings. The average Bonchev–Trinajstić information content (AvgIpc) is 2.80. The molecule has 2 unspecified atom stereocenters. The van der Waals surface area contributed by atoms with E-state index in [-0.39, 0.29) is 17.3 Å². The first-order valence-electron chi connectivity index (χ1n) is 8.38. The standard InChI is InChI=1S/C20H25FN2O/c1-20(2)13-23(17-11-15(21)9-10-16(17)20)19(18(24)12-22-3)14-7-5-4-6-8-14/h4-11,18-19,22,24H,12-13H2,1-3H3. The molecule has 3 rings (SSSR count). The Morgan fingerprint density at radius 3 is 2.58 bits per heavy atom. The minimum Gasteiger partial charge on any atom is -0.389 e. The lowest BCUT2D eigenvalue weighted by molar-refractivity contribution is 0.140. The molecule has 0 aliphatic carbocycles. The Kier molecular flexibility index (Phi) is 4.61. The zero-order valence-electron chi connectivity index (χ0n) is 14.5. The second-order valence-corrected chi connectivity index (χ2v) is 7.15. The average molecular weight is 328 g/mol. The summed E-state index contributed by atoms with van der Waals surface area (Å²) in [7, 11) is 1.83. The van der Waals surface area contributed by atoms with Crippen molar-refractivity contribution in [2.75, 3.05) is 25.0 Å². The van der Waals surface area contributed by atoms with E-state index < -0.39 is 6.10 Å². The fraction of sp³-hybridized carbons (Fsp3) is 0.400. The van der Waals surface area contributed by atoms with Crippen molar-refractivity contribution in [2.24, 2.45) is 0 Å². The van der Waals surface area contributed by atoms with Gasteiger partial charge in [0.1, 0.15) is 5.82 Å². The molecule has 4 heteroatoms. The van der Waals surface area contributed by atoms with Crippen molar-refractivity contribution in [2.45, 2.75) is 31.4 Å². The van der Waals surface area contributed by atoms with Gasteiger partial charge in [0.15, 0.2) is 0 Å². The molecular formula is C20H25FN2O. The van der Waals surface area contributed by atoms with Crippen molar-refractivity contribution >= 4 is 5.69 Å². The number of anilines is 1. The van der Waals surface area contributed by atoms with Crippen LogP contribution in [-0.2, 0) is 5.41 Å². The molecule has 0 spiro atoms. The van der Waals surface area contributed by atoms with Crippen LogP contribution in [0.3, 0.4) is 0 Å². The molecule has 1 aliphatic rings. The van der Waals surface area contributed by atoms with Crippen molar-refractivity contribution in [1.82, 2.24) is 5.32 Å². The Balaban J connectivity index is 2.08. The number of aliphatic hydroxyl groups excluding tert-OH is 1. The van der Waals surface area contributed by atoms with Crippen LogP contribution in [0.25, 0.3) is 0 Å². The van der Waals surface area contributed by atoms with Gasteiger partial charge in [-0.05, 0) is 30.3 Å². The van der Waals surface area contributed by atoms with Crippen molar-refractivity contribution < 1.29 is 9.50 Å². The highest BCUT2D eigenvalue weighted by Crippen LogP contribution is 2.45. The topological polar surface area (TPSA) is 35.5 Å². The second kappa shape index (κ2) is 6.54. The van der Waals surface area contributed by atoms with Gasteiger partial charge in [-0.25, -0.2) is 4.39 Å². The maximum Gasteiger partial charge on any atom is 0.125 e. The molecule has 128 valence electrons. The van der Waals surface area contributed by atoms with Crippen molar-refractivity contribution in [3.8, 4) is 0 Å². The minimum absolute atomic E-state index is 0.0879. The van der Waals surface area contributed by atoms with Crippen LogP contribution in [0.5, 0.6) is 0 Å². The van der Waals surface area contributed by atoms with Crippen LogP contribution in [0, 0.1) is 5.82 Å². The number of rotatable bonds is 5. The Bertz CT molecular complexity index is 702. The fourth-order valence-electron chi connectivity index (χ4n) is 3.74. The first kappa shape index (κ1) is 16.9. The first-order valence-corrected chi connectivity index (χ1v) is 8.38. The second-order valence-electron chi connectivity index (χ2n) is 7.15. The Labute approximate surface area is 143 Å². The Morgan fingerprint density at radius 1 is 1.21 bits per heavy atom. The predicted octanol–water partition coefficient (Wildman–Crippen LogP) is 3.24. The Hall–Kier alpha value is -1.91. The highest BCUT2D eigenvalue weighted by atomic mass is 19.1. The molecule has 0 amide bonds. The van der Waals surface area contributed by atoms with Crippen LogP contribution < -0.4 is 10.2 Å². The van der Waals surface area contributed by atoms with E-state index in [0.29, 0.717) is 6.54 Å². The largest absolute Gasteiger partial charge is 0.389 e. The molecule has 0 bridgehead atoms. The summed E-state index contributed by atoms with van der Waals surface area (Å²) in [5.74, 6) is -0.244. The molecule has 2 atom stereocenters. The maximum absolute atomic E-state index is 13.9. The molecule has 2 N–H and O–H groups in total. The van der Waals surface area contributed by atoms with E-state index in [9.17, 15) is 9.50 Å². The lowest BCUT2D eigenvalue weighted by Crippen LogP contribution is -2.42. The van der Waals surface area contributed by atoms with E-state index >= 15 is 0 Å². The summed E-state index contributed by atoms with van der Waals surface area (Å²) in [6, 6.07) is 14.7. The number of aliphatic hydroxyl groups is 1. The van der Waals surface area contributed by atoms with E-state index in [4.69, 9.17) is 0 Å². The molecule has 1 aliphatic heterocycles. The molecule has 0 saturated carbocycles. The van der Waals surface area contributed by atoms with E-state index in [1.165, 1.54) is 6.07 Å². The van der Waals surface area contributed by atoms with Crippen molar-refractivity contribution in [3.63, 3.8) is 0 Å². The third-order valence-corrected chi connectivity index (χ3v) is 4.82. The Morgan fingerprint density at radius 2 is 1.92 bits per heavy atom. The summed E-state index contributed by atoms with van der Waals surface area (Å²) < 4.78 is 13.9. The number of fused-ring (bicyclic) bond motifs is 1. The lowest BCUT2D eigenvalue weighted by Gasteiger charge is -2.35. The molecule has 24 heavy (non-hydrogen) atoms. The SMILES string of the molecule is CNCC(O)C(c1ccccc1)N1CC(C)(C)c2ccc(F)cc21. The molecule has 0 fully saturated rings. The van der Waals surface area contributed by atoms with E-state index in [2.05, 4.69) is 24.1 Å². The van der Waals surface area contributed by atoms with E-state index in [1.807, 2.05) is 43.4 Å². The summed E-state index contributed by atoms with van der Waals surface area (Å²) in [5.41, 5.74) is 2.95. The summed E-state index contributed by atoms with van der Waals surface area (Å²) >= 11 is 0. The van der Waals surface area contributed by atoms with Gasteiger partial charge in [0.05, 0.1) is 12.1 Å². The zero-order chi connectivity index (χ0) is 17.3. The molecule has 1 heterocycles. The quantitative estimate of drug-likeness (QED) is 0.884. The number of nitrogens with one attached hydrogen (secondary N) is 1. The van der Waals surface area contributed by atoms with Gasteiger partial charge < -0.3 is 15.3 Å². The predicted molar refractivity (Wildman–Crippen MR) is 95.9 cm³/mol. The van der Waals surface area contributed by atoms with Crippen LogP contribution in [0.4, 0.5) is 10.1 Å². The number of nitrogens with zero attached hydrogens (tertiary/aromatic N) is 1. The van der Waals surface area contributed by atoms with Gasteiger partial charge in [0.2, 0.25) is 0 Å². The maximum atomic E-state index is 13.9. The fourth-order valence-corrected chi connectivity index (χ4v) is 3.74. The van der Waals surface area contributed by atoms with Gasteiger partial charge in [0, 0.05) is 24.2 Å². The van der Waals surface area contributed by atoms with E-state index in [1.54, 1.807) is 6.07 Å². The summed E-state index contributed by atoms with van der Waals surface area (Å²) in [6.45, 7) is 5.54. The van der Waals surface area contributed by atoms with Crippen LogP contribution in [0.2, 0.25) is 0 Å². The number of benzene rings is 2. The summed E-state index contributed by atoms with van der Waals surface area (Å²) in [4.78, 5) is 2.15. The number of hydrogen-bond donors (Lipinski definition) is 2. The van der Waals surface area contributed by atoms with Gasteiger partial charge in [-0.15, -0.1) is 0 Å². The molecule has 0 radical (unpaired) electrons. The lowest BCUT2D eigenvalue weighted by atomic mass is 9.87. The third-order valence-electron chi connectivity index (χ3n) is 4.82. The molecule has 2 aromatic carbocycles. The monoisotopic (exact) mass is 328 g/mol. The van der Waals surface area contributed by atoms with Gasteiger partial charge in [-0.2, -0.15) is 0 Å². The van der Waals surface area contributed by atoms with Gasteiger partial charge in [-0.1, -0.05) is 50.2 Å². The van der Waals surface area contributed by atoms with Crippen LogP contribution in [-0.4, -0.2) is 31.3 Å². The minimum atomic E-state index is -0.595. The van der Waals surface area contributed by atoms with Gasteiger partial charge >= 0.3 is 0 Å². The smallest absolute Gasteiger partial charge is 0.125 e. The zero-order valence-corrected chi connectivity index (χ0v) is 14.5. The highest BCUT2D eigenvalue weighted by molar-refractivity contribution is 5.64. The molecular weight excluding hydrogens is 303 g/mol. The van der Waals surface area contributed by atoms with Gasteiger partial charge in [-0.3, -0.25) is 0 Å². The van der Waals surface area contributed by atoms with Gasteiger partial charge in [0.25, 0.3) is 0 Å². The third kappa shape index (κ3) is 3.04. The first-order chi connectivity index (χ1) is 11.4. The molecule has 3 nitrogen and oxygen atoms in total. The van der Waals surface area contributed by atoms with Crippen molar-refractivity contribution in [1.29, 1.82) is 0 Å². The number of halogens is 1.